The van der Waals surface area contributed by atoms with Gasteiger partial charge in [0.15, 0.2) is 6.61 Å². The lowest BCUT2D eigenvalue weighted by molar-refractivity contribution is -2.00. The Hall–Kier alpha value is -1.45. The van der Waals surface area contributed by atoms with E-state index in [1.807, 2.05) is 6.92 Å². The summed E-state index contributed by atoms with van der Waals surface area (Å²) in [6.07, 6.45) is 3.25. The molecule has 0 unspecified atom stereocenters. The van der Waals surface area contributed by atoms with Gasteiger partial charge in [0.25, 0.3) is 5.91 Å². The highest BCUT2D eigenvalue weighted by molar-refractivity contribution is 5.92. The lowest BCUT2D eigenvalue weighted by Crippen LogP contribution is -2.68. The molecular weight excluding hydrogens is 256 g/mol. The van der Waals surface area contributed by atoms with Crippen molar-refractivity contribution in [2.24, 2.45) is 5.73 Å². The predicted molar refractivity (Wildman–Crippen MR) is 42.3 cm³/mol. The highest BCUT2D eigenvalue weighted by atomic mass is 35.7. The molecule has 0 atom stereocenters. The number of carbonyl (C=O) groups excluding carboxylic acids is 1. The van der Waals surface area contributed by atoms with Crippen LogP contribution in [0.15, 0.2) is 24.5 Å². The Morgan fingerprint density at radius 3 is 2.41 bits per heavy atom. The fourth-order valence-electron chi connectivity index (χ4n) is 0.830. The van der Waals surface area contributed by atoms with E-state index in [0.29, 0.717) is 12.2 Å². The summed E-state index contributed by atoms with van der Waals surface area (Å²) in [5.74, 6) is -0.455. The molecule has 2 N–H and O–H groups in total. The van der Waals surface area contributed by atoms with Gasteiger partial charge in [-0.05, 0) is 13.0 Å². The summed E-state index contributed by atoms with van der Waals surface area (Å²) in [5.41, 5.74) is 5.51. The van der Waals surface area contributed by atoms with Crippen LogP contribution in [0.5, 0.6) is 0 Å². The number of carbonyl (C=O) groups is 1. The van der Waals surface area contributed by atoms with Crippen molar-refractivity contribution >= 4 is 5.91 Å². The first-order chi connectivity index (χ1) is 7.74. The van der Waals surface area contributed by atoms with E-state index >= 15 is 0 Å². The van der Waals surface area contributed by atoms with Crippen molar-refractivity contribution in [3.63, 3.8) is 0 Å². The van der Waals surface area contributed by atoms with Gasteiger partial charge in [0.1, 0.15) is 5.56 Å². The summed E-state index contributed by atoms with van der Waals surface area (Å²) in [6, 6.07) is 3.34. The van der Waals surface area contributed by atoms with Gasteiger partial charge in [-0.1, -0.05) is 0 Å². The van der Waals surface area contributed by atoms with Crippen LogP contribution in [-0.4, -0.2) is 12.5 Å². The second kappa shape index (κ2) is 6.99. The zero-order valence-corrected chi connectivity index (χ0v) is 9.62. The molecule has 9 heteroatoms. The average molecular weight is 267 g/mol. The molecule has 0 aliphatic rings. The van der Waals surface area contributed by atoms with Crippen molar-refractivity contribution in [1.82, 2.24) is 0 Å². The number of nitrogens with two attached hydrogens (primary N) is 1. The van der Waals surface area contributed by atoms with Gasteiger partial charge in [0, 0.05) is 10.8 Å². The maximum Gasteiger partial charge on any atom is 0.254 e. The lowest BCUT2D eigenvalue weighted by Gasteiger charge is -2.17. The molecule has 0 aromatic carbocycles. The van der Waals surface area contributed by atoms with E-state index in [4.69, 9.17) is 29.2 Å². The summed E-state index contributed by atoms with van der Waals surface area (Å²) in [5, 5.41) is 0. The molecule has 1 rings (SSSR count). The molecule has 1 aromatic heterocycles. The third-order valence-electron chi connectivity index (χ3n) is 1.34. The van der Waals surface area contributed by atoms with Crippen LogP contribution in [-0.2, 0) is 0 Å². The van der Waals surface area contributed by atoms with Crippen LogP contribution < -0.4 is 33.9 Å². The van der Waals surface area contributed by atoms with E-state index in [0.717, 1.165) is 0 Å². The van der Waals surface area contributed by atoms with Crippen molar-refractivity contribution in [2.75, 3.05) is 6.61 Å². The molecule has 0 aliphatic heterocycles. The van der Waals surface area contributed by atoms with Gasteiger partial charge in [-0.25, -0.2) is 18.6 Å². The second-order valence-electron chi connectivity index (χ2n) is 2.61. The van der Waals surface area contributed by atoms with E-state index in [-0.39, 0.29) is 0 Å². The van der Waals surface area contributed by atoms with E-state index < -0.39 is 16.2 Å². The Balaban J connectivity index is 0.000000437. The molecule has 0 aliphatic carbocycles. The third-order valence-corrected chi connectivity index (χ3v) is 1.34. The summed E-state index contributed by atoms with van der Waals surface area (Å²) >= 11 is 0. The molecule has 96 valence electrons. The van der Waals surface area contributed by atoms with Crippen LogP contribution in [0, 0.1) is 10.2 Å². The van der Waals surface area contributed by atoms with E-state index in [1.165, 1.54) is 4.73 Å². The number of nitrogens with zero attached hydrogens (tertiary/aromatic N) is 1. The lowest BCUT2D eigenvalue weighted by atomic mass is 10.3. The molecule has 1 heterocycles. The minimum Gasteiger partial charge on any atom is -0.365 e. The molecule has 0 bridgehead atoms. The summed E-state index contributed by atoms with van der Waals surface area (Å²) in [7, 11) is -4.94. The van der Waals surface area contributed by atoms with Gasteiger partial charge in [-0.2, -0.15) is 0 Å². The zero-order valence-electron chi connectivity index (χ0n) is 8.87. The fourth-order valence-corrected chi connectivity index (χ4v) is 0.830. The Labute approximate surface area is 99.2 Å². The largest absolute Gasteiger partial charge is 0.365 e. The SMILES string of the molecule is CCO[n+]1cccc(C(N)=O)c1.[O-][Cl+3]([O-])([O-])[O-]. The van der Waals surface area contributed by atoms with Crippen LogP contribution in [0.1, 0.15) is 17.3 Å². The smallest absolute Gasteiger partial charge is 0.254 e. The third kappa shape index (κ3) is 9.48. The van der Waals surface area contributed by atoms with Crippen molar-refractivity contribution < 1.29 is 43.2 Å². The summed E-state index contributed by atoms with van der Waals surface area (Å²) in [4.78, 5) is 15.8. The Morgan fingerprint density at radius 1 is 1.47 bits per heavy atom. The molecule has 8 nitrogen and oxygen atoms in total. The van der Waals surface area contributed by atoms with Crippen LogP contribution in [0.3, 0.4) is 0 Å². The molecule has 0 saturated heterocycles. The van der Waals surface area contributed by atoms with Gasteiger partial charge in [-0.3, -0.25) is 9.63 Å². The van der Waals surface area contributed by atoms with E-state index in [1.54, 1.807) is 24.5 Å². The van der Waals surface area contributed by atoms with Crippen molar-refractivity contribution in [2.45, 2.75) is 6.92 Å². The van der Waals surface area contributed by atoms with Gasteiger partial charge in [0.05, 0.1) is 0 Å². The predicted octanol–water partition coefficient (Wildman–Crippen LogP) is -5.23. The quantitative estimate of drug-likeness (QED) is 0.540. The Kier molecular flexibility index (Phi) is 6.39. The second-order valence-corrected chi connectivity index (χ2v) is 3.37. The maximum absolute atomic E-state index is 10.7. The number of rotatable bonds is 3. The van der Waals surface area contributed by atoms with Crippen molar-refractivity contribution in [3.05, 3.63) is 30.1 Å². The number of amides is 1. The molecule has 0 radical (unpaired) electrons. The number of hydrogen-bond acceptors (Lipinski definition) is 6. The zero-order chi connectivity index (χ0) is 13.5. The van der Waals surface area contributed by atoms with Crippen LogP contribution >= 0.6 is 0 Å². The van der Waals surface area contributed by atoms with Crippen molar-refractivity contribution in [3.8, 4) is 0 Å². The number of hydrogen-bond donors (Lipinski definition) is 1. The normalized spacial score (nSPS) is 10.2. The highest BCUT2D eigenvalue weighted by Gasteiger charge is 2.06. The van der Waals surface area contributed by atoms with Crippen molar-refractivity contribution in [1.29, 1.82) is 0 Å². The van der Waals surface area contributed by atoms with Gasteiger partial charge in [0.2, 0.25) is 12.4 Å². The molecule has 17 heavy (non-hydrogen) atoms. The molecule has 1 amide bonds. The summed E-state index contributed by atoms with van der Waals surface area (Å²) < 4.78 is 35.4. The van der Waals surface area contributed by atoms with Gasteiger partial charge >= 0.3 is 0 Å². The number of pyridine rings is 1. The topological polar surface area (TPSA) is 148 Å². The minimum atomic E-state index is -4.94. The Morgan fingerprint density at radius 2 is 2.00 bits per heavy atom. The Bertz CT molecular complexity index is 361. The standard InChI is InChI=1S/C8H10N2O2.ClHO4/c1-2-12-10-5-3-4-7(6-10)8(9)11;2-1(3,4)5/h3-6H,2H2,1H3,(H-,9,11);(H,2,3,4,5). The highest BCUT2D eigenvalue weighted by Crippen LogP contribution is 1.90. The van der Waals surface area contributed by atoms with E-state index in [2.05, 4.69) is 0 Å². The monoisotopic (exact) mass is 266 g/mol. The molecule has 0 fully saturated rings. The van der Waals surface area contributed by atoms with Gasteiger partial charge in [-0.15, -0.1) is 10.2 Å². The number of primary amides is 1. The van der Waals surface area contributed by atoms with E-state index in [9.17, 15) is 4.79 Å². The van der Waals surface area contributed by atoms with Crippen LogP contribution in [0.25, 0.3) is 0 Å². The maximum atomic E-state index is 10.7. The van der Waals surface area contributed by atoms with Crippen LogP contribution in [0.2, 0.25) is 0 Å². The van der Waals surface area contributed by atoms with Crippen LogP contribution in [0.4, 0.5) is 0 Å². The first kappa shape index (κ1) is 15.6. The minimum absolute atomic E-state index is 0.436. The molecule has 0 spiro atoms. The molecular formula is C8H11ClN2O6. The summed E-state index contributed by atoms with van der Waals surface area (Å²) in [6.45, 7) is 2.41. The van der Waals surface area contributed by atoms with Gasteiger partial charge < -0.3 is 5.73 Å². The average Bonchev–Trinajstić information content (AvgIpc) is 2.16. The first-order valence-corrected chi connectivity index (χ1v) is 5.53. The number of halogens is 1. The first-order valence-electron chi connectivity index (χ1n) is 4.30. The molecule has 1 aromatic rings. The fraction of sp³-hybridized carbons (Fsp3) is 0.250. The number of aromatic nitrogens is 1. The molecule has 0 saturated carbocycles.